The summed E-state index contributed by atoms with van der Waals surface area (Å²) in [5.41, 5.74) is 0.920. The molecule has 5 nitrogen and oxygen atoms in total. The van der Waals surface area contributed by atoms with Crippen LogP contribution in [0.15, 0.2) is 47.6 Å². The van der Waals surface area contributed by atoms with Gasteiger partial charge in [0.05, 0.1) is 16.3 Å². The molecule has 0 spiro atoms. The Bertz CT molecular complexity index is 839. The quantitative estimate of drug-likeness (QED) is 0.740. The van der Waals surface area contributed by atoms with Crippen LogP contribution >= 0.6 is 11.8 Å². The normalized spacial score (nSPS) is 14.4. The molecule has 0 saturated carbocycles. The summed E-state index contributed by atoms with van der Waals surface area (Å²) in [7, 11) is 0. The fraction of sp³-hybridized carbons (Fsp3) is 0.316. The Labute approximate surface area is 164 Å². The number of alkyl halides is 3. The number of amides is 2. The van der Waals surface area contributed by atoms with E-state index in [-0.39, 0.29) is 17.6 Å². The summed E-state index contributed by atoms with van der Waals surface area (Å²) >= 11 is 1.07. The van der Waals surface area contributed by atoms with E-state index in [0.717, 1.165) is 48.2 Å². The Kier molecular flexibility index (Phi) is 6.23. The number of halogens is 3. The van der Waals surface area contributed by atoms with Crippen molar-refractivity contribution in [2.75, 3.05) is 17.2 Å². The first-order valence-electron chi connectivity index (χ1n) is 8.65. The van der Waals surface area contributed by atoms with Crippen molar-refractivity contribution in [2.24, 2.45) is 0 Å². The van der Waals surface area contributed by atoms with Gasteiger partial charge in [0, 0.05) is 31.4 Å². The first kappa shape index (κ1) is 20.2. The van der Waals surface area contributed by atoms with Gasteiger partial charge in [-0.05, 0) is 36.2 Å². The predicted octanol–water partition coefficient (Wildman–Crippen LogP) is 3.64. The van der Waals surface area contributed by atoms with E-state index >= 15 is 0 Å². The Balaban J connectivity index is 1.44. The zero-order valence-electron chi connectivity index (χ0n) is 14.8. The molecule has 0 radical (unpaired) electrons. The van der Waals surface area contributed by atoms with E-state index in [1.807, 2.05) is 24.3 Å². The van der Waals surface area contributed by atoms with Gasteiger partial charge in [0.25, 0.3) is 0 Å². The van der Waals surface area contributed by atoms with Crippen molar-refractivity contribution >= 4 is 29.3 Å². The van der Waals surface area contributed by atoms with E-state index in [0.29, 0.717) is 18.0 Å². The number of hydrogen-bond acceptors (Lipinski definition) is 4. The van der Waals surface area contributed by atoms with Crippen LogP contribution in [0.3, 0.4) is 0 Å². The number of hydrogen-bond donors (Lipinski definition) is 1. The lowest BCUT2D eigenvalue weighted by Gasteiger charge is -2.16. The third-order valence-corrected chi connectivity index (χ3v) is 5.17. The third-order valence-electron chi connectivity index (χ3n) is 4.23. The monoisotopic (exact) mass is 409 g/mol. The van der Waals surface area contributed by atoms with Crippen LogP contribution in [0.25, 0.3) is 0 Å². The summed E-state index contributed by atoms with van der Waals surface area (Å²) < 4.78 is 37.5. The second-order valence-corrected chi connectivity index (χ2v) is 7.26. The van der Waals surface area contributed by atoms with Crippen LogP contribution in [0.1, 0.15) is 24.0 Å². The van der Waals surface area contributed by atoms with E-state index in [2.05, 4.69) is 10.3 Å². The van der Waals surface area contributed by atoms with Crippen LogP contribution in [0.5, 0.6) is 0 Å². The highest BCUT2D eigenvalue weighted by Gasteiger charge is 2.30. The topological polar surface area (TPSA) is 62.3 Å². The van der Waals surface area contributed by atoms with Gasteiger partial charge in [0.15, 0.2) is 0 Å². The lowest BCUT2D eigenvalue weighted by Crippen LogP contribution is -2.25. The standard InChI is InChI=1S/C19H18F3N3O2S/c20-19(21,22)14-5-8-17(24-11-14)28-12-16(26)23-10-13-3-6-15(7-4-13)25-9-1-2-18(25)27/h3-8,11H,1-2,9-10,12H2,(H,23,26). The molecule has 0 bridgehead atoms. The van der Waals surface area contributed by atoms with Crippen LogP contribution in [0.2, 0.25) is 0 Å². The van der Waals surface area contributed by atoms with Crippen molar-refractivity contribution in [1.29, 1.82) is 0 Å². The van der Waals surface area contributed by atoms with Crippen molar-refractivity contribution in [3.63, 3.8) is 0 Å². The number of carbonyl (C=O) groups excluding carboxylic acids is 2. The van der Waals surface area contributed by atoms with Gasteiger partial charge in [-0.1, -0.05) is 23.9 Å². The third kappa shape index (κ3) is 5.25. The summed E-state index contributed by atoms with van der Waals surface area (Å²) in [6, 6.07) is 9.60. The molecule has 1 aliphatic rings. The first-order chi connectivity index (χ1) is 13.3. The number of rotatable bonds is 6. The number of aromatic nitrogens is 1. The molecule has 2 aromatic rings. The lowest BCUT2D eigenvalue weighted by atomic mass is 10.2. The number of nitrogens with zero attached hydrogens (tertiary/aromatic N) is 2. The summed E-state index contributed by atoms with van der Waals surface area (Å²) in [6.45, 7) is 1.05. The van der Waals surface area contributed by atoms with E-state index in [9.17, 15) is 22.8 Å². The molecule has 2 amide bonds. The molecule has 1 aliphatic heterocycles. The molecule has 2 heterocycles. The minimum atomic E-state index is -4.43. The van der Waals surface area contributed by atoms with Gasteiger partial charge >= 0.3 is 6.18 Å². The fourth-order valence-electron chi connectivity index (χ4n) is 2.74. The van der Waals surface area contributed by atoms with Crippen LogP contribution in [-0.4, -0.2) is 29.1 Å². The van der Waals surface area contributed by atoms with Gasteiger partial charge in [-0.2, -0.15) is 13.2 Å². The van der Waals surface area contributed by atoms with Gasteiger partial charge in [-0.3, -0.25) is 9.59 Å². The molecule has 9 heteroatoms. The van der Waals surface area contributed by atoms with Gasteiger partial charge in [0.1, 0.15) is 0 Å². The molecule has 0 aliphatic carbocycles. The summed E-state index contributed by atoms with van der Waals surface area (Å²) in [5.74, 6) is -0.0703. The van der Waals surface area contributed by atoms with Crippen molar-refractivity contribution in [2.45, 2.75) is 30.6 Å². The lowest BCUT2D eigenvalue weighted by molar-refractivity contribution is -0.138. The zero-order chi connectivity index (χ0) is 20.1. The SMILES string of the molecule is O=C(CSc1ccc(C(F)(F)F)cn1)NCc1ccc(N2CCCC2=O)cc1. The predicted molar refractivity (Wildman–Crippen MR) is 99.8 cm³/mol. The van der Waals surface area contributed by atoms with E-state index in [1.165, 1.54) is 6.07 Å². The minimum absolute atomic E-state index is 0.0543. The van der Waals surface area contributed by atoms with E-state index in [4.69, 9.17) is 0 Å². The molecular weight excluding hydrogens is 391 g/mol. The highest BCUT2D eigenvalue weighted by molar-refractivity contribution is 7.99. The van der Waals surface area contributed by atoms with E-state index in [1.54, 1.807) is 4.90 Å². The van der Waals surface area contributed by atoms with Crippen LogP contribution < -0.4 is 10.2 Å². The molecule has 148 valence electrons. The average molecular weight is 409 g/mol. The fourth-order valence-corrected chi connectivity index (χ4v) is 3.41. The first-order valence-corrected chi connectivity index (χ1v) is 9.63. The summed E-state index contributed by atoms with van der Waals surface area (Å²) in [6.07, 6.45) is -2.23. The Morgan fingerprint density at radius 3 is 2.50 bits per heavy atom. The van der Waals surface area contributed by atoms with Crippen LogP contribution in [0.4, 0.5) is 18.9 Å². The largest absolute Gasteiger partial charge is 0.417 e. The minimum Gasteiger partial charge on any atom is -0.351 e. The maximum absolute atomic E-state index is 12.5. The smallest absolute Gasteiger partial charge is 0.351 e. The summed E-state index contributed by atoms with van der Waals surface area (Å²) in [4.78, 5) is 29.1. The number of carbonyl (C=O) groups is 2. The second-order valence-electron chi connectivity index (χ2n) is 6.26. The van der Waals surface area contributed by atoms with Gasteiger partial charge in [-0.25, -0.2) is 4.98 Å². The molecule has 0 unspecified atom stereocenters. The molecule has 0 atom stereocenters. The molecule has 1 aromatic carbocycles. The van der Waals surface area contributed by atoms with Gasteiger partial charge in [-0.15, -0.1) is 0 Å². The van der Waals surface area contributed by atoms with Gasteiger partial charge in [0.2, 0.25) is 11.8 Å². The number of anilines is 1. The van der Waals surface area contributed by atoms with Crippen LogP contribution in [-0.2, 0) is 22.3 Å². The number of thioether (sulfide) groups is 1. The maximum atomic E-state index is 12.5. The molecule has 28 heavy (non-hydrogen) atoms. The zero-order valence-corrected chi connectivity index (χ0v) is 15.6. The molecule has 1 saturated heterocycles. The molecule has 1 aromatic heterocycles. The molecular formula is C19H18F3N3O2S. The molecule has 1 N–H and O–H groups in total. The second kappa shape index (κ2) is 8.64. The molecule has 3 rings (SSSR count). The van der Waals surface area contributed by atoms with Crippen LogP contribution in [0, 0.1) is 0 Å². The Morgan fingerprint density at radius 2 is 1.93 bits per heavy atom. The highest BCUT2D eigenvalue weighted by atomic mass is 32.2. The van der Waals surface area contributed by atoms with E-state index < -0.39 is 11.7 Å². The highest BCUT2D eigenvalue weighted by Crippen LogP contribution is 2.29. The van der Waals surface area contributed by atoms with Crippen molar-refractivity contribution in [3.05, 3.63) is 53.7 Å². The van der Waals surface area contributed by atoms with Crippen molar-refractivity contribution in [1.82, 2.24) is 10.3 Å². The van der Waals surface area contributed by atoms with Crippen molar-refractivity contribution < 1.29 is 22.8 Å². The molecule has 1 fully saturated rings. The summed E-state index contributed by atoms with van der Waals surface area (Å²) in [5, 5.41) is 3.10. The number of benzene rings is 1. The van der Waals surface area contributed by atoms with Crippen molar-refractivity contribution in [3.8, 4) is 0 Å². The maximum Gasteiger partial charge on any atom is 0.417 e. The average Bonchev–Trinajstić information content (AvgIpc) is 3.10. The number of nitrogens with one attached hydrogen (secondary N) is 1. The Hall–Kier alpha value is -2.55. The Morgan fingerprint density at radius 1 is 1.18 bits per heavy atom. The number of pyridine rings is 1. The van der Waals surface area contributed by atoms with Gasteiger partial charge < -0.3 is 10.2 Å².